The molecule has 0 saturated carbocycles. The fraction of sp³-hybridized carbons (Fsp3) is 0.240. The predicted octanol–water partition coefficient (Wildman–Crippen LogP) is 6.31. The summed E-state index contributed by atoms with van der Waals surface area (Å²) in [5.74, 6) is -5.26. The van der Waals surface area contributed by atoms with Crippen LogP contribution in [0.5, 0.6) is 0 Å². The van der Waals surface area contributed by atoms with Crippen LogP contribution in [0, 0.1) is 30.2 Å². The van der Waals surface area contributed by atoms with Crippen LogP contribution in [0.1, 0.15) is 17.8 Å². The maximum absolute atomic E-state index is 15.1. The van der Waals surface area contributed by atoms with E-state index in [0.717, 1.165) is 0 Å². The van der Waals surface area contributed by atoms with Gasteiger partial charge in [0.1, 0.15) is 12.0 Å². The Morgan fingerprint density at radius 1 is 0.939 bits per heavy atom. The average Bonchev–Trinajstić information content (AvgIpc) is 3.36. The molecule has 5 rings (SSSR count). The number of nitrogens with zero attached hydrogens (tertiary/aromatic N) is 2. The molecule has 0 spiro atoms. The number of alkyl halides is 1. The number of imidazole rings is 1. The normalized spacial score (nSPS) is 16.7. The molecule has 170 valence electrons. The highest BCUT2D eigenvalue weighted by molar-refractivity contribution is 5.83. The summed E-state index contributed by atoms with van der Waals surface area (Å²) in [6.45, 7) is 2.96. The SMILES string of the molecule is Cc1nc2ccc(-c3c(F)c(F)c(-c4cccc(CN5CCC(F)C5)c4)c(F)c3F)cc2[nH]1. The van der Waals surface area contributed by atoms with E-state index in [0.29, 0.717) is 41.9 Å². The van der Waals surface area contributed by atoms with Crippen molar-refractivity contribution in [1.82, 2.24) is 14.9 Å². The van der Waals surface area contributed by atoms with Crippen molar-refractivity contribution in [2.24, 2.45) is 0 Å². The molecule has 0 radical (unpaired) electrons. The van der Waals surface area contributed by atoms with Crippen LogP contribution in [-0.4, -0.2) is 34.1 Å². The van der Waals surface area contributed by atoms with Gasteiger partial charge in [0.15, 0.2) is 23.3 Å². The van der Waals surface area contributed by atoms with Crippen molar-refractivity contribution in [3.8, 4) is 22.3 Å². The number of likely N-dealkylation sites (tertiary alicyclic amines) is 1. The van der Waals surface area contributed by atoms with E-state index in [-0.39, 0.29) is 17.7 Å². The van der Waals surface area contributed by atoms with E-state index in [4.69, 9.17) is 0 Å². The van der Waals surface area contributed by atoms with Crippen LogP contribution in [0.2, 0.25) is 0 Å². The first kappa shape index (κ1) is 21.6. The van der Waals surface area contributed by atoms with Gasteiger partial charge in [0, 0.05) is 19.6 Å². The summed E-state index contributed by atoms with van der Waals surface area (Å²) in [6, 6.07) is 10.5. The lowest BCUT2D eigenvalue weighted by atomic mass is 9.96. The molecule has 3 aromatic carbocycles. The molecule has 8 heteroatoms. The third-order valence-electron chi connectivity index (χ3n) is 5.99. The van der Waals surface area contributed by atoms with Crippen LogP contribution in [0.15, 0.2) is 42.5 Å². The van der Waals surface area contributed by atoms with Crippen molar-refractivity contribution in [2.45, 2.75) is 26.1 Å². The third-order valence-corrected chi connectivity index (χ3v) is 5.99. The molecule has 1 aromatic heterocycles. The van der Waals surface area contributed by atoms with Gasteiger partial charge in [0.25, 0.3) is 0 Å². The van der Waals surface area contributed by atoms with Crippen LogP contribution in [0.4, 0.5) is 22.0 Å². The summed E-state index contributed by atoms with van der Waals surface area (Å²) < 4.78 is 73.9. The number of nitrogens with one attached hydrogen (secondary N) is 1. The molecule has 1 unspecified atom stereocenters. The van der Waals surface area contributed by atoms with E-state index >= 15 is 17.6 Å². The first-order chi connectivity index (χ1) is 15.8. The van der Waals surface area contributed by atoms with Crippen molar-refractivity contribution >= 4 is 11.0 Å². The van der Waals surface area contributed by atoms with Gasteiger partial charge in [-0.1, -0.05) is 24.3 Å². The smallest absolute Gasteiger partial charge is 0.170 e. The van der Waals surface area contributed by atoms with E-state index in [2.05, 4.69) is 9.97 Å². The van der Waals surface area contributed by atoms with Crippen LogP contribution in [-0.2, 0) is 6.54 Å². The standard InChI is InChI=1S/C25H20F5N3/c1-13-31-18-6-5-16(10-19(18)32-13)21-24(29)22(27)20(23(28)25(21)30)15-4-2-3-14(9-15)11-33-8-7-17(26)12-33/h2-6,9-10,17H,7-8,11-12H2,1H3,(H,31,32). The van der Waals surface area contributed by atoms with E-state index < -0.39 is 40.6 Å². The van der Waals surface area contributed by atoms with Crippen molar-refractivity contribution in [2.75, 3.05) is 13.1 Å². The zero-order valence-corrected chi connectivity index (χ0v) is 17.7. The highest BCUT2D eigenvalue weighted by Gasteiger charge is 2.28. The number of benzene rings is 3. The Balaban J connectivity index is 1.56. The molecule has 1 fully saturated rings. The summed E-state index contributed by atoms with van der Waals surface area (Å²) >= 11 is 0. The van der Waals surface area contributed by atoms with Gasteiger partial charge in [0.05, 0.1) is 22.2 Å². The highest BCUT2D eigenvalue weighted by atomic mass is 19.2. The Kier molecular flexibility index (Phi) is 5.40. The number of H-pyrrole nitrogens is 1. The van der Waals surface area contributed by atoms with Crippen LogP contribution in [0.25, 0.3) is 33.3 Å². The number of hydrogen-bond donors (Lipinski definition) is 1. The van der Waals surface area contributed by atoms with Gasteiger partial charge in [-0.3, -0.25) is 4.90 Å². The largest absolute Gasteiger partial charge is 0.342 e. The molecule has 0 aliphatic carbocycles. The monoisotopic (exact) mass is 457 g/mol. The number of hydrogen-bond acceptors (Lipinski definition) is 2. The van der Waals surface area contributed by atoms with E-state index in [1.54, 1.807) is 19.1 Å². The zero-order valence-electron chi connectivity index (χ0n) is 17.7. The molecule has 1 saturated heterocycles. The molecular formula is C25H20F5N3. The van der Waals surface area contributed by atoms with E-state index in [1.807, 2.05) is 4.90 Å². The molecule has 1 N–H and O–H groups in total. The minimum Gasteiger partial charge on any atom is -0.342 e. The van der Waals surface area contributed by atoms with Crippen LogP contribution < -0.4 is 0 Å². The Hall–Kier alpha value is -3.26. The molecule has 1 atom stereocenters. The molecule has 0 bridgehead atoms. The lowest BCUT2D eigenvalue weighted by Gasteiger charge is -2.16. The van der Waals surface area contributed by atoms with Gasteiger partial charge in [-0.25, -0.2) is 26.9 Å². The number of halogens is 5. The van der Waals surface area contributed by atoms with Crippen molar-refractivity contribution in [1.29, 1.82) is 0 Å². The number of fused-ring (bicyclic) bond motifs is 1. The number of aromatic amines is 1. The fourth-order valence-electron chi connectivity index (χ4n) is 4.44. The van der Waals surface area contributed by atoms with Gasteiger partial charge in [0.2, 0.25) is 0 Å². The summed E-state index contributed by atoms with van der Waals surface area (Å²) in [5, 5.41) is 0. The van der Waals surface area contributed by atoms with Crippen molar-refractivity contribution in [3.05, 3.63) is 77.1 Å². The topological polar surface area (TPSA) is 31.9 Å². The molecule has 1 aliphatic heterocycles. The van der Waals surface area contributed by atoms with Crippen molar-refractivity contribution in [3.63, 3.8) is 0 Å². The fourth-order valence-corrected chi connectivity index (χ4v) is 4.44. The second-order valence-electron chi connectivity index (χ2n) is 8.38. The van der Waals surface area contributed by atoms with Gasteiger partial charge in [-0.2, -0.15) is 0 Å². The molecule has 1 aliphatic rings. The summed E-state index contributed by atoms with van der Waals surface area (Å²) in [4.78, 5) is 9.04. The summed E-state index contributed by atoms with van der Waals surface area (Å²) in [7, 11) is 0. The maximum atomic E-state index is 15.1. The molecule has 33 heavy (non-hydrogen) atoms. The number of rotatable bonds is 4. The minimum absolute atomic E-state index is 0.00550. The first-order valence-electron chi connectivity index (χ1n) is 10.6. The first-order valence-corrected chi connectivity index (χ1v) is 10.6. The Morgan fingerprint density at radius 2 is 1.61 bits per heavy atom. The quantitative estimate of drug-likeness (QED) is 0.288. The second-order valence-corrected chi connectivity index (χ2v) is 8.38. The third kappa shape index (κ3) is 3.88. The van der Waals surface area contributed by atoms with E-state index in [1.165, 1.54) is 30.3 Å². The van der Waals surface area contributed by atoms with Gasteiger partial charge < -0.3 is 4.98 Å². The summed E-state index contributed by atoms with van der Waals surface area (Å²) in [5.41, 5.74) is 0.216. The lowest BCUT2D eigenvalue weighted by molar-refractivity contribution is 0.282. The number of aryl methyl sites for hydroxylation is 1. The summed E-state index contributed by atoms with van der Waals surface area (Å²) in [6.07, 6.45) is -0.464. The predicted molar refractivity (Wildman–Crippen MR) is 116 cm³/mol. The van der Waals surface area contributed by atoms with E-state index in [9.17, 15) is 4.39 Å². The second kappa shape index (κ2) is 8.26. The molecular weight excluding hydrogens is 437 g/mol. The lowest BCUT2D eigenvalue weighted by Crippen LogP contribution is -2.20. The number of aromatic nitrogens is 2. The van der Waals surface area contributed by atoms with Crippen molar-refractivity contribution < 1.29 is 22.0 Å². The average molecular weight is 457 g/mol. The molecule has 2 heterocycles. The maximum Gasteiger partial charge on any atom is 0.170 e. The van der Waals surface area contributed by atoms with Gasteiger partial charge >= 0.3 is 0 Å². The molecule has 4 aromatic rings. The van der Waals surface area contributed by atoms with Crippen LogP contribution >= 0.6 is 0 Å². The molecule has 0 amide bonds. The highest BCUT2D eigenvalue weighted by Crippen LogP contribution is 2.37. The molecule has 3 nitrogen and oxygen atoms in total. The van der Waals surface area contributed by atoms with Gasteiger partial charge in [-0.05, 0) is 48.2 Å². The Labute approximate surface area is 186 Å². The van der Waals surface area contributed by atoms with Crippen LogP contribution in [0.3, 0.4) is 0 Å². The Bertz CT molecular complexity index is 1330. The minimum atomic E-state index is -1.47. The van der Waals surface area contributed by atoms with Gasteiger partial charge in [-0.15, -0.1) is 0 Å². The Morgan fingerprint density at radius 3 is 2.24 bits per heavy atom. The zero-order chi connectivity index (χ0) is 23.3.